The number of aliphatic hydroxyl groups is 1. The summed E-state index contributed by atoms with van der Waals surface area (Å²) < 4.78 is 0. The molecule has 0 saturated carbocycles. The van der Waals surface area contributed by atoms with E-state index in [0.29, 0.717) is 0 Å². The van der Waals surface area contributed by atoms with Gasteiger partial charge in [-0.25, -0.2) is 4.98 Å². The molecule has 5 heteroatoms. The molecule has 0 radical (unpaired) electrons. The van der Waals surface area contributed by atoms with Crippen LogP contribution in [0.3, 0.4) is 0 Å². The second-order valence-electron chi connectivity index (χ2n) is 5.16. The Kier molecular flexibility index (Phi) is 5.82. The number of hydrogen-bond donors (Lipinski definition) is 2. The summed E-state index contributed by atoms with van der Waals surface area (Å²) in [6.07, 6.45) is 1.70. The van der Waals surface area contributed by atoms with E-state index in [2.05, 4.69) is 10.3 Å². The first-order valence-corrected chi connectivity index (χ1v) is 7.28. The van der Waals surface area contributed by atoms with Crippen LogP contribution in [-0.2, 0) is 4.79 Å². The molecule has 4 nitrogen and oxygen atoms in total. The van der Waals surface area contributed by atoms with E-state index in [4.69, 9.17) is 0 Å². The minimum absolute atomic E-state index is 0.0865. The highest BCUT2D eigenvalue weighted by Gasteiger charge is 2.26. The fourth-order valence-corrected chi connectivity index (χ4v) is 2.10. The summed E-state index contributed by atoms with van der Waals surface area (Å²) in [5, 5.41) is 13.4. The Hall–Kier alpha value is -1.07. The van der Waals surface area contributed by atoms with E-state index in [1.165, 1.54) is 11.8 Å². The smallest absolute Gasteiger partial charge is 0.233 e. The lowest BCUT2D eigenvalue weighted by molar-refractivity contribution is -0.121. The number of thioether (sulfide) groups is 1. The highest BCUT2D eigenvalue weighted by Crippen LogP contribution is 2.21. The van der Waals surface area contributed by atoms with Crippen LogP contribution in [0, 0.1) is 5.92 Å². The van der Waals surface area contributed by atoms with Crippen LogP contribution in [0.5, 0.6) is 0 Å². The van der Waals surface area contributed by atoms with E-state index in [1.54, 1.807) is 13.1 Å². The molecule has 0 fully saturated rings. The predicted molar refractivity (Wildman–Crippen MR) is 78.0 cm³/mol. The number of amides is 1. The van der Waals surface area contributed by atoms with Gasteiger partial charge in [-0.1, -0.05) is 31.7 Å². The fraction of sp³-hybridized carbons (Fsp3) is 0.571. The molecular weight excluding hydrogens is 260 g/mol. The number of nitrogens with zero attached hydrogens (tertiary/aromatic N) is 1. The third kappa shape index (κ3) is 5.20. The monoisotopic (exact) mass is 282 g/mol. The van der Waals surface area contributed by atoms with Crippen molar-refractivity contribution < 1.29 is 9.90 Å². The van der Waals surface area contributed by atoms with Crippen molar-refractivity contribution in [2.45, 2.75) is 43.6 Å². The Morgan fingerprint density at radius 3 is 2.68 bits per heavy atom. The van der Waals surface area contributed by atoms with Crippen LogP contribution in [0.25, 0.3) is 0 Å². The fourth-order valence-electron chi connectivity index (χ4n) is 1.27. The third-order valence-corrected chi connectivity index (χ3v) is 4.22. The molecule has 1 amide bonds. The molecule has 1 rings (SSSR count). The zero-order valence-corrected chi connectivity index (χ0v) is 12.7. The third-order valence-electron chi connectivity index (χ3n) is 3.17. The summed E-state index contributed by atoms with van der Waals surface area (Å²) in [5.74, 6) is 0.00290. The summed E-state index contributed by atoms with van der Waals surface area (Å²) in [6, 6.07) is 5.61. The van der Waals surface area contributed by atoms with Crippen molar-refractivity contribution in [3.8, 4) is 0 Å². The lowest BCUT2D eigenvalue weighted by Crippen LogP contribution is -2.46. The number of aromatic nitrogens is 1. The number of carbonyl (C=O) groups is 1. The Morgan fingerprint density at radius 1 is 1.47 bits per heavy atom. The van der Waals surface area contributed by atoms with E-state index in [1.807, 2.05) is 39.0 Å². The van der Waals surface area contributed by atoms with E-state index < -0.39 is 5.60 Å². The molecule has 0 aromatic carbocycles. The molecule has 0 spiro atoms. The number of hydrogen-bond acceptors (Lipinski definition) is 4. The lowest BCUT2D eigenvalue weighted by atomic mass is 9.92. The van der Waals surface area contributed by atoms with Gasteiger partial charge in [0.25, 0.3) is 0 Å². The van der Waals surface area contributed by atoms with E-state index in [0.717, 1.165) is 5.03 Å². The summed E-state index contributed by atoms with van der Waals surface area (Å²) in [6.45, 7) is 7.68. The summed E-state index contributed by atoms with van der Waals surface area (Å²) in [7, 11) is 0. The Labute approximate surface area is 119 Å². The van der Waals surface area contributed by atoms with Crippen LogP contribution in [-0.4, -0.2) is 33.4 Å². The molecule has 2 unspecified atom stereocenters. The molecule has 0 saturated heterocycles. The number of pyridine rings is 1. The van der Waals surface area contributed by atoms with Crippen molar-refractivity contribution in [1.29, 1.82) is 0 Å². The van der Waals surface area contributed by atoms with Gasteiger partial charge in [-0.05, 0) is 31.9 Å². The largest absolute Gasteiger partial charge is 0.388 e. The first-order valence-electron chi connectivity index (χ1n) is 6.40. The Balaban J connectivity index is 2.46. The molecule has 0 aliphatic rings. The Bertz CT molecular complexity index is 407. The van der Waals surface area contributed by atoms with Crippen molar-refractivity contribution in [3.05, 3.63) is 24.4 Å². The van der Waals surface area contributed by atoms with Gasteiger partial charge < -0.3 is 10.4 Å². The molecule has 19 heavy (non-hydrogen) atoms. The van der Waals surface area contributed by atoms with Crippen molar-refractivity contribution >= 4 is 17.7 Å². The highest BCUT2D eigenvalue weighted by atomic mass is 32.2. The average Bonchev–Trinajstić information content (AvgIpc) is 2.37. The summed E-state index contributed by atoms with van der Waals surface area (Å²) >= 11 is 1.41. The molecule has 2 N–H and O–H groups in total. The van der Waals surface area contributed by atoms with Crippen LogP contribution < -0.4 is 5.32 Å². The first-order chi connectivity index (χ1) is 8.83. The van der Waals surface area contributed by atoms with E-state index in [-0.39, 0.29) is 23.6 Å². The van der Waals surface area contributed by atoms with Crippen molar-refractivity contribution in [2.75, 3.05) is 6.54 Å². The van der Waals surface area contributed by atoms with Crippen LogP contribution in [0.4, 0.5) is 0 Å². The minimum atomic E-state index is -0.884. The molecule has 0 aliphatic carbocycles. The van der Waals surface area contributed by atoms with Gasteiger partial charge in [0, 0.05) is 12.7 Å². The minimum Gasteiger partial charge on any atom is -0.388 e. The maximum atomic E-state index is 11.9. The molecule has 0 bridgehead atoms. The molecule has 1 aromatic heterocycles. The maximum Gasteiger partial charge on any atom is 0.233 e. The van der Waals surface area contributed by atoms with Crippen molar-refractivity contribution in [3.63, 3.8) is 0 Å². The van der Waals surface area contributed by atoms with Crippen LogP contribution in [0.2, 0.25) is 0 Å². The van der Waals surface area contributed by atoms with Crippen molar-refractivity contribution in [1.82, 2.24) is 10.3 Å². The summed E-state index contributed by atoms with van der Waals surface area (Å²) in [4.78, 5) is 16.1. The zero-order chi connectivity index (χ0) is 14.5. The molecule has 106 valence electrons. The van der Waals surface area contributed by atoms with E-state index >= 15 is 0 Å². The van der Waals surface area contributed by atoms with Gasteiger partial charge in [-0.15, -0.1) is 0 Å². The van der Waals surface area contributed by atoms with Gasteiger partial charge in [0.15, 0.2) is 0 Å². The maximum absolute atomic E-state index is 11.9. The number of rotatable bonds is 6. The zero-order valence-electron chi connectivity index (χ0n) is 11.9. The Morgan fingerprint density at radius 2 is 2.16 bits per heavy atom. The molecule has 0 aliphatic heterocycles. The predicted octanol–water partition coefficient (Wildman–Crippen LogP) is 2.09. The number of carbonyl (C=O) groups excluding carboxylic acids is 1. The molecular formula is C14H22N2O2S. The number of nitrogens with one attached hydrogen (secondary N) is 1. The highest BCUT2D eigenvalue weighted by molar-refractivity contribution is 8.00. The summed E-state index contributed by atoms with van der Waals surface area (Å²) in [5.41, 5.74) is -0.884. The van der Waals surface area contributed by atoms with Gasteiger partial charge in [-0.2, -0.15) is 0 Å². The second kappa shape index (κ2) is 6.91. The van der Waals surface area contributed by atoms with Gasteiger partial charge in [0.2, 0.25) is 5.91 Å². The van der Waals surface area contributed by atoms with Crippen LogP contribution in [0.1, 0.15) is 27.7 Å². The van der Waals surface area contributed by atoms with E-state index in [9.17, 15) is 9.90 Å². The average molecular weight is 282 g/mol. The van der Waals surface area contributed by atoms with Crippen molar-refractivity contribution in [2.24, 2.45) is 5.92 Å². The molecule has 2 atom stereocenters. The quantitative estimate of drug-likeness (QED) is 0.784. The second-order valence-corrected chi connectivity index (χ2v) is 6.52. The lowest BCUT2D eigenvalue weighted by Gasteiger charge is -2.28. The van der Waals surface area contributed by atoms with Gasteiger partial charge in [0.05, 0.1) is 15.9 Å². The topological polar surface area (TPSA) is 62.2 Å². The van der Waals surface area contributed by atoms with Crippen LogP contribution >= 0.6 is 11.8 Å². The van der Waals surface area contributed by atoms with Gasteiger partial charge in [-0.3, -0.25) is 4.79 Å². The van der Waals surface area contributed by atoms with Gasteiger partial charge in [0.1, 0.15) is 0 Å². The van der Waals surface area contributed by atoms with Crippen LogP contribution in [0.15, 0.2) is 29.4 Å². The SMILES string of the molecule is CC(Sc1ccccn1)C(=O)NCC(C)(O)C(C)C. The molecule has 1 heterocycles. The van der Waals surface area contributed by atoms with Gasteiger partial charge >= 0.3 is 0 Å². The molecule has 1 aromatic rings. The first kappa shape index (κ1) is 16.0. The standard InChI is InChI=1S/C14H22N2O2S/c1-10(2)14(4,18)9-16-13(17)11(3)19-12-7-5-6-8-15-12/h5-8,10-11,18H,9H2,1-4H3,(H,16,17). The normalized spacial score (nSPS) is 15.9.